The van der Waals surface area contributed by atoms with Gasteiger partial charge in [0.25, 0.3) is 0 Å². The maximum atomic E-state index is 6.05. The first kappa shape index (κ1) is 15.8. The van der Waals surface area contributed by atoms with Crippen molar-refractivity contribution in [1.29, 1.82) is 0 Å². The predicted molar refractivity (Wildman–Crippen MR) is 81.8 cm³/mol. The molecule has 0 aromatic rings. The van der Waals surface area contributed by atoms with Crippen molar-refractivity contribution in [2.24, 2.45) is 5.73 Å². The van der Waals surface area contributed by atoms with Gasteiger partial charge in [0.15, 0.2) is 0 Å². The summed E-state index contributed by atoms with van der Waals surface area (Å²) in [6, 6.07) is 0.344. The van der Waals surface area contributed by atoms with E-state index >= 15 is 0 Å². The van der Waals surface area contributed by atoms with Crippen molar-refractivity contribution in [3.05, 3.63) is 11.6 Å². The zero-order valence-electron chi connectivity index (χ0n) is 12.4. The Hall–Kier alpha value is -0.300. The van der Waals surface area contributed by atoms with Gasteiger partial charge in [0.1, 0.15) is 0 Å². The average Bonchev–Trinajstić information content (AvgIpc) is 2.57. The van der Waals surface area contributed by atoms with Crippen LogP contribution in [0.4, 0.5) is 0 Å². The van der Waals surface area contributed by atoms with Gasteiger partial charge >= 0.3 is 0 Å². The van der Waals surface area contributed by atoms with Crippen LogP contribution in [-0.4, -0.2) is 6.04 Å². The van der Waals surface area contributed by atoms with Gasteiger partial charge in [0, 0.05) is 6.04 Å². The van der Waals surface area contributed by atoms with Crippen LogP contribution in [0.3, 0.4) is 0 Å². The predicted octanol–water partition coefficient (Wildman–Crippen LogP) is 5.34. The van der Waals surface area contributed by atoms with Crippen LogP contribution in [0.5, 0.6) is 0 Å². The van der Waals surface area contributed by atoms with E-state index in [4.69, 9.17) is 5.73 Å². The fourth-order valence-corrected chi connectivity index (χ4v) is 2.90. The molecule has 0 saturated carbocycles. The van der Waals surface area contributed by atoms with Crippen LogP contribution in [0, 0.1) is 0 Å². The van der Waals surface area contributed by atoms with Crippen LogP contribution >= 0.6 is 0 Å². The first-order valence-electron chi connectivity index (χ1n) is 8.28. The maximum absolute atomic E-state index is 6.05. The van der Waals surface area contributed by atoms with Crippen LogP contribution in [0.25, 0.3) is 0 Å². The van der Waals surface area contributed by atoms with Gasteiger partial charge in [-0.05, 0) is 32.1 Å². The number of nitrogens with two attached hydrogens (primary N) is 1. The Morgan fingerprint density at radius 2 is 1.67 bits per heavy atom. The van der Waals surface area contributed by atoms with Gasteiger partial charge in [-0.1, -0.05) is 69.9 Å². The van der Waals surface area contributed by atoms with Gasteiger partial charge in [-0.25, -0.2) is 0 Å². The van der Waals surface area contributed by atoms with E-state index in [0.717, 1.165) is 0 Å². The van der Waals surface area contributed by atoms with Crippen molar-refractivity contribution in [3.63, 3.8) is 0 Å². The number of rotatable bonds is 9. The Labute approximate surface area is 114 Å². The summed E-state index contributed by atoms with van der Waals surface area (Å²) in [5.41, 5.74) is 7.69. The zero-order valence-corrected chi connectivity index (χ0v) is 12.4. The van der Waals surface area contributed by atoms with E-state index < -0.39 is 0 Å². The minimum atomic E-state index is 0.344. The Morgan fingerprint density at radius 1 is 1.00 bits per heavy atom. The molecule has 18 heavy (non-hydrogen) atoms. The summed E-state index contributed by atoms with van der Waals surface area (Å²) in [5.74, 6) is 0. The number of unbranched alkanes of at least 4 members (excludes halogenated alkanes) is 7. The SMILES string of the molecule is CCCCCCCCCCC1=CC(N)CCCC1. The van der Waals surface area contributed by atoms with E-state index in [2.05, 4.69) is 13.0 Å². The minimum absolute atomic E-state index is 0.344. The fraction of sp³-hybridized carbons (Fsp3) is 0.882. The Bertz CT molecular complexity index is 220. The molecule has 0 bridgehead atoms. The lowest BCUT2D eigenvalue weighted by Gasteiger charge is -2.07. The number of hydrogen-bond acceptors (Lipinski definition) is 1. The molecule has 0 spiro atoms. The average molecular weight is 251 g/mol. The number of hydrogen-bond donors (Lipinski definition) is 1. The molecule has 0 radical (unpaired) electrons. The highest BCUT2D eigenvalue weighted by atomic mass is 14.6. The molecule has 0 saturated heterocycles. The molecule has 0 aromatic heterocycles. The molecule has 1 aliphatic rings. The molecule has 1 atom stereocenters. The molecule has 106 valence electrons. The lowest BCUT2D eigenvalue weighted by molar-refractivity contribution is 0.571. The van der Waals surface area contributed by atoms with E-state index in [-0.39, 0.29) is 0 Å². The molecule has 0 amide bonds. The van der Waals surface area contributed by atoms with Crippen molar-refractivity contribution in [2.75, 3.05) is 0 Å². The summed E-state index contributed by atoms with van der Waals surface area (Å²) in [5, 5.41) is 0. The largest absolute Gasteiger partial charge is 0.324 e. The topological polar surface area (TPSA) is 26.0 Å². The van der Waals surface area contributed by atoms with Crippen molar-refractivity contribution < 1.29 is 0 Å². The maximum Gasteiger partial charge on any atom is 0.0226 e. The Morgan fingerprint density at radius 3 is 2.39 bits per heavy atom. The molecule has 0 fully saturated rings. The van der Waals surface area contributed by atoms with Crippen LogP contribution in [0.1, 0.15) is 90.4 Å². The van der Waals surface area contributed by atoms with Crippen molar-refractivity contribution in [1.82, 2.24) is 0 Å². The van der Waals surface area contributed by atoms with Crippen molar-refractivity contribution >= 4 is 0 Å². The molecule has 1 rings (SSSR count). The standard InChI is InChI=1S/C17H33N/c1-2-3-4-5-6-7-8-9-12-16-13-10-11-14-17(18)15-16/h15,17H,2-14,18H2,1H3. The highest BCUT2D eigenvalue weighted by Crippen LogP contribution is 2.21. The summed E-state index contributed by atoms with van der Waals surface area (Å²) in [7, 11) is 0. The zero-order chi connectivity index (χ0) is 13.1. The quantitative estimate of drug-likeness (QED) is 0.434. The third-order valence-electron chi connectivity index (χ3n) is 4.09. The normalized spacial score (nSPS) is 20.6. The second-order valence-corrected chi connectivity index (χ2v) is 5.96. The summed E-state index contributed by atoms with van der Waals surface area (Å²) in [6.07, 6.45) is 20.2. The number of allylic oxidation sites excluding steroid dienone is 1. The van der Waals surface area contributed by atoms with Gasteiger partial charge < -0.3 is 5.73 Å². The second kappa shape index (κ2) is 10.6. The van der Waals surface area contributed by atoms with Crippen LogP contribution in [0.2, 0.25) is 0 Å². The summed E-state index contributed by atoms with van der Waals surface area (Å²) < 4.78 is 0. The molecular formula is C17H33N. The molecule has 1 heteroatoms. The second-order valence-electron chi connectivity index (χ2n) is 5.96. The first-order chi connectivity index (χ1) is 8.83. The minimum Gasteiger partial charge on any atom is -0.324 e. The van der Waals surface area contributed by atoms with Gasteiger partial charge in [0.2, 0.25) is 0 Å². The molecule has 0 aromatic carbocycles. The molecule has 1 aliphatic carbocycles. The van der Waals surface area contributed by atoms with E-state index in [9.17, 15) is 0 Å². The van der Waals surface area contributed by atoms with Crippen LogP contribution in [0.15, 0.2) is 11.6 Å². The molecule has 1 nitrogen and oxygen atoms in total. The van der Waals surface area contributed by atoms with E-state index in [1.807, 2.05) is 0 Å². The van der Waals surface area contributed by atoms with E-state index in [0.29, 0.717) is 6.04 Å². The highest BCUT2D eigenvalue weighted by Gasteiger charge is 2.07. The van der Waals surface area contributed by atoms with Gasteiger partial charge in [-0.2, -0.15) is 0 Å². The Balaban J connectivity index is 1.96. The third-order valence-corrected chi connectivity index (χ3v) is 4.09. The highest BCUT2D eigenvalue weighted by molar-refractivity contribution is 5.08. The van der Waals surface area contributed by atoms with Gasteiger partial charge in [-0.15, -0.1) is 0 Å². The van der Waals surface area contributed by atoms with Crippen molar-refractivity contribution in [3.8, 4) is 0 Å². The van der Waals surface area contributed by atoms with Crippen LogP contribution in [-0.2, 0) is 0 Å². The molecule has 0 heterocycles. The summed E-state index contributed by atoms with van der Waals surface area (Å²) >= 11 is 0. The first-order valence-corrected chi connectivity index (χ1v) is 8.28. The van der Waals surface area contributed by atoms with Gasteiger partial charge in [0.05, 0.1) is 0 Å². The smallest absolute Gasteiger partial charge is 0.0226 e. The molecular weight excluding hydrogens is 218 g/mol. The molecule has 1 unspecified atom stereocenters. The van der Waals surface area contributed by atoms with E-state index in [1.165, 1.54) is 83.5 Å². The van der Waals surface area contributed by atoms with Gasteiger partial charge in [-0.3, -0.25) is 0 Å². The third kappa shape index (κ3) is 7.92. The summed E-state index contributed by atoms with van der Waals surface area (Å²) in [4.78, 5) is 0. The lowest BCUT2D eigenvalue weighted by atomic mass is 10.0. The lowest BCUT2D eigenvalue weighted by Crippen LogP contribution is -2.15. The van der Waals surface area contributed by atoms with Crippen LogP contribution < -0.4 is 5.73 Å². The molecule has 2 N–H and O–H groups in total. The monoisotopic (exact) mass is 251 g/mol. The summed E-state index contributed by atoms with van der Waals surface area (Å²) in [6.45, 7) is 2.28. The fourth-order valence-electron chi connectivity index (χ4n) is 2.90. The molecule has 0 aliphatic heterocycles. The van der Waals surface area contributed by atoms with E-state index in [1.54, 1.807) is 5.57 Å². The Kier molecular flexibility index (Phi) is 9.28. The van der Waals surface area contributed by atoms with Crippen molar-refractivity contribution in [2.45, 2.75) is 96.4 Å².